The van der Waals surface area contributed by atoms with Gasteiger partial charge in [0.25, 0.3) is 5.78 Å². The predicted molar refractivity (Wildman–Crippen MR) is 67.0 cm³/mol. The smallest absolute Gasteiger partial charge is 0.379 e. The molecule has 88 valence electrons. The monoisotopic (exact) mass is 295 g/mol. The lowest BCUT2D eigenvalue weighted by Gasteiger charge is -2.00. The van der Waals surface area contributed by atoms with Crippen molar-refractivity contribution in [1.82, 2.24) is 4.98 Å². The number of aromatic nitrogens is 1. The number of hydrogen-bond acceptors (Lipinski definition) is 3. The van der Waals surface area contributed by atoms with Crippen molar-refractivity contribution in [2.24, 2.45) is 0 Å². The van der Waals surface area contributed by atoms with Crippen LogP contribution < -0.4 is 0 Å². The molecule has 17 heavy (non-hydrogen) atoms. The molecule has 0 radical (unpaired) electrons. The van der Waals surface area contributed by atoms with E-state index in [2.05, 4.69) is 20.9 Å². The van der Waals surface area contributed by atoms with Gasteiger partial charge in [-0.15, -0.1) is 0 Å². The van der Waals surface area contributed by atoms with Gasteiger partial charge in [-0.3, -0.25) is 4.79 Å². The van der Waals surface area contributed by atoms with Crippen molar-refractivity contribution in [2.75, 3.05) is 6.61 Å². The van der Waals surface area contributed by atoms with Crippen molar-refractivity contribution in [1.29, 1.82) is 0 Å². The van der Waals surface area contributed by atoms with Crippen LogP contribution in [0, 0.1) is 0 Å². The first-order valence-corrected chi connectivity index (χ1v) is 5.91. The fraction of sp³-hybridized carbons (Fsp3) is 0.167. The number of benzene rings is 1. The number of Topliss-reactive ketones (excluding diaryl/α,β-unsaturated/α-hetero) is 1. The van der Waals surface area contributed by atoms with Gasteiger partial charge in [0.2, 0.25) is 0 Å². The van der Waals surface area contributed by atoms with Gasteiger partial charge in [-0.05, 0) is 19.1 Å². The van der Waals surface area contributed by atoms with Gasteiger partial charge in [-0.1, -0.05) is 22.0 Å². The predicted octanol–water partition coefficient (Wildman–Crippen LogP) is 2.68. The van der Waals surface area contributed by atoms with Crippen LogP contribution >= 0.6 is 15.9 Å². The second-order valence-corrected chi connectivity index (χ2v) is 4.27. The van der Waals surface area contributed by atoms with Gasteiger partial charge in [-0.25, -0.2) is 4.79 Å². The molecule has 0 atom stereocenters. The van der Waals surface area contributed by atoms with Crippen LogP contribution in [0.2, 0.25) is 0 Å². The van der Waals surface area contributed by atoms with Crippen LogP contribution in [-0.4, -0.2) is 23.3 Å². The summed E-state index contributed by atoms with van der Waals surface area (Å²) in [6.45, 7) is 1.85. The summed E-state index contributed by atoms with van der Waals surface area (Å²) in [5.74, 6) is -1.46. The third-order valence-corrected chi connectivity index (χ3v) is 3.02. The molecule has 1 aromatic carbocycles. The summed E-state index contributed by atoms with van der Waals surface area (Å²) in [5.41, 5.74) is 1.12. The van der Waals surface area contributed by atoms with Crippen molar-refractivity contribution in [3.8, 4) is 0 Å². The number of nitrogens with one attached hydrogen (secondary N) is 1. The molecule has 1 N–H and O–H groups in total. The highest BCUT2D eigenvalue weighted by Crippen LogP contribution is 2.27. The number of ether oxygens (including phenoxy) is 1. The van der Waals surface area contributed by atoms with Gasteiger partial charge >= 0.3 is 5.97 Å². The molecule has 1 aromatic heterocycles. The van der Waals surface area contributed by atoms with E-state index in [0.717, 1.165) is 9.99 Å². The van der Waals surface area contributed by atoms with Crippen molar-refractivity contribution >= 4 is 38.6 Å². The first-order chi connectivity index (χ1) is 8.15. The molecule has 0 amide bonds. The zero-order valence-electron chi connectivity index (χ0n) is 9.12. The number of aromatic amines is 1. The molecule has 4 nitrogen and oxygen atoms in total. The average Bonchev–Trinajstić information content (AvgIpc) is 2.73. The highest BCUT2D eigenvalue weighted by Gasteiger charge is 2.21. The normalized spacial score (nSPS) is 10.5. The number of hydrogen-bond donors (Lipinski definition) is 1. The number of H-pyrrole nitrogens is 1. The quantitative estimate of drug-likeness (QED) is 0.538. The topological polar surface area (TPSA) is 59.2 Å². The number of halogens is 1. The van der Waals surface area contributed by atoms with Crippen molar-refractivity contribution in [3.05, 3.63) is 34.4 Å². The summed E-state index contributed by atoms with van der Waals surface area (Å²) in [6.07, 6.45) is 1.52. The Morgan fingerprint density at radius 2 is 2.18 bits per heavy atom. The minimum Gasteiger partial charge on any atom is -0.460 e. The van der Waals surface area contributed by atoms with Crippen molar-refractivity contribution < 1.29 is 14.3 Å². The molecule has 2 rings (SSSR count). The van der Waals surface area contributed by atoms with Crippen LogP contribution in [0.1, 0.15) is 17.3 Å². The van der Waals surface area contributed by atoms with Gasteiger partial charge in [0.15, 0.2) is 0 Å². The second kappa shape index (κ2) is 4.71. The standard InChI is InChI=1S/C12H10BrNO3/c1-2-17-12(16)11(15)7-6-14-9-5-3-4-8(13)10(7)9/h3-6,14H,2H2,1H3. The van der Waals surface area contributed by atoms with Gasteiger partial charge in [0.1, 0.15) is 0 Å². The Labute approximate surface area is 106 Å². The zero-order valence-corrected chi connectivity index (χ0v) is 10.7. The number of carbonyl (C=O) groups is 2. The van der Waals surface area contributed by atoms with Crippen LogP contribution in [0.15, 0.2) is 28.9 Å². The molecular formula is C12H10BrNO3. The molecule has 0 bridgehead atoms. The largest absolute Gasteiger partial charge is 0.460 e. The zero-order chi connectivity index (χ0) is 12.4. The van der Waals surface area contributed by atoms with Crippen LogP contribution in [0.5, 0.6) is 0 Å². The van der Waals surface area contributed by atoms with E-state index >= 15 is 0 Å². The molecule has 0 unspecified atom stereocenters. The molecule has 0 aliphatic rings. The van der Waals surface area contributed by atoms with Crippen LogP contribution in [-0.2, 0) is 9.53 Å². The van der Waals surface area contributed by atoms with Crippen LogP contribution in [0.3, 0.4) is 0 Å². The molecule has 0 fully saturated rings. The van der Waals surface area contributed by atoms with E-state index < -0.39 is 11.8 Å². The summed E-state index contributed by atoms with van der Waals surface area (Å²) >= 11 is 3.36. The average molecular weight is 296 g/mol. The first kappa shape index (κ1) is 11.9. The van der Waals surface area contributed by atoms with Gasteiger partial charge < -0.3 is 9.72 Å². The Bertz CT molecular complexity index is 588. The van der Waals surface area contributed by atoms with Crippen molar-refractivity contribution in [2.45, 2.75) is 6.92 Å². The summed E-state index contributed by atoms with van der Waals surface area (Å²) in [7, 11) is 0. The van der Waals surface area contributed by atoms with E-state index in [1.165, 1.54) is 6.20 Å². The minimum atomic E-state index is -0.829. The number of esters is 1. The Hall–Kier alpha value is -1.62. The maximum absolute atomic E-state index is 11.8. The Balaban J connectivity index is 2.49. The summed E-state index contributed by atoms with van der Waals surface area (Å²) in [5, 5.41) is 0.700. The highest BCUT2D eigenvalue weighted by molar-refractivity contribution is 9.10. The lowest BCUT2D eigenvalue weighted by Crippen LogP contribution is -2.17. The van der Waals surface area contributed by atoms with E-state index in [0.29, 0.717) is 10.9 Å². The summed E-state index contributed by atoms with van der Waals surface area (Å²) in [4.78, 5) is 26.2. The molecule has 2 aromatic rings. The molecule has 0 aliphatic carbocycles. The van der Waals surface area contributed by atoms with Crippen LogP contribution in [0.25, 0.3) is 10.9 Å². The Morgan fingerprint density at radius 1 is 1.41 bits per heavy atom. The third-order valence-electron chi connectivity index (χ3n) is 2.36. The van der Waals surface area contributed by atoms with Crippen molar-refractivity contribution in [3.63, 3.8) is 0 Å². The third kappa shape index (κ3) is 2.10. The van der Waals surface area contributed by atoms with Gasteiger partial charge in [-0.2, -0.15) is 0 Å². The Kier molecular flexibility index (Phi) is 3.28. The second-order valence-electron chi connectivity index (χ2n) is 3.41. The number of ketones is 1. The maximum atomic E-state index is 11.8. The molecule has 0 aliphatic heterocycles. The number of rotatable bonds is 3. The van der Waals surface area contributed by atoms with E-state index in [1.807, 2.05) is 18.2 Å². The van der Waals surface area contributed by atoms with Crippen LogP contribution in [0.4, 0.5) is 0 Å². The fourth-order valence-electron chi connectivity index (χ4n) is 1.63. The Morgan fingerprint density at radius 3 is 2.88 bits per heavy atom. The first-order valence-electron chi connectivity index (χ1n) is 5.12. The summed E-state index contributed by atoms with van der Waals surface area (Å²) in [6, 6.07) is 5.50. The SMILES string of the molecule is CCOC(=O)C(=O)c1c[nH]c2cccc(Br)c12. The molecule has 0 spiro atoms. The van der Waals surface area contributed by atoms with E-state index in [1.54, 1.807) is 6.92 Å². The molecule has 5 heteroatoms. The van der Waals surface area contributed by atoms with E-state index in [9.17, 15) is 9.59 Å². The molecule has 1 heterocycles. The highest BCUT2D eigenvalue weighted by atomic mass is 79.9. The molecule has 0 saturated heterocycles. The molecule has 0 saturated carbocycles. The fourth-order valence-corrected chi connectivity index (χ4v) is 2.21. The molecular weight excluding hydrogens is 286 g/mol. The van der Waals surface area contributed by atoms with Gasteiger partial charge in [0.05, 0.1) is 12.2 Å². The van der Waals surface area contributed by atoms with Gasteiger partial charge in [0, 0.05) is 21.6 Å². The van der Waals surface area contributed by atoms with E-state index in [4.69, 9.17) is 4.74 Å². The lowest BCUT2D eigenvalue weighted by atomic mass is 10.1. The summed E-state index contributed by atoms with van der Waals surface area (Å²) < 4.78 is 5.47. The van der Waals surface area contributed by atoms with E-state index in [-0.39, 0.29) is 6.61 Å². The maximum Gasteiger partial charge on any atom is 0.379 e. The number of carbonyl (C=O) groups excluding carboxylic acids is 2. The number of fused-ring (bicyclic) bond motifs is 1. The lowest BCUT2D eigenvalue weighted by molar-refractivity contribution is -0.137. The minimum absolute atomic E-state index is 0.189.